The number of nitrogens with one attached hydrogen (secondary N) is 1. The molecular formula is C25H32N2O5S. The molecule has 0 bridgehead atoms. The second-order valence-electron chi connectivity index (χ2n) is 8.68. The Hall–Kier alpha value is -2.58. The Kier molecular flexibility index (Phi) is 7.24. The van der Waals surface area contributed by atoms with Gasteiger partial charge in [0.15, 0.2) is 6.10 Å². The van der Waals surface area contributed by atoms with Crippen LogP contribution in [0.2, 0.25) is 0 Å². The van der Waals surface area contributed by atoms with Crippen LogP contribution >= 0.6 is 0 Å². The van der Waals surface area contributed by atoms with Crippen molar-refractivity contribution in [1.29, 1.82) is 0 Å². The number of hydrogen-bond acceptors (Lipinski definition) is 5. The van der Waals surface area contributed by atoms with Gasteiger partial charge in [-0.2, -0.15) is 4.31 Å². The molecule has 2 aromatic carbocycles. The van der Waals surface area contributed by atoms with E-state index in [1.807, 2.05) is 12.1 Å². The first-order valence-corrected chi connectivity index (χ1v) is 13.1. The van der Waals surface area contributed by atoms with Gasteiger partial charge in [-0.3, -0.25) is 4.79 Å². The summed E-state index contributed by atoms with van der Waals surface area (Å²) < 4.78 is 39.1. The van der Waals surface area contributed by atoms with Gasteiger partial charge in [0.25, 0.3) is 5.91 Å². The van der Waals surface area contributed by atoms with Gasteiger partial charge in [0, 0.05) is 13.1 Å². The van der Waals surface area contributed by atoms with Crippen LogP contribution in [0.3, 0.4) is 0 Å². The molecule has 1 N–H and O–H groups in total. The van der Waals surface area contributed by atoms with Crippen LogP contribution in [-0.2, 0) is 27.7 Å². The van der Waals surface area contributed by atoms with Crippen molar-refractivity contribution in [2.24, 2.45) is 0 Å². The lowest BCUT2D eigenvalue weighted by molar-refractivity contribution is -0.122. The van der Waals surface area contributed by atoms with Crippen molar-refractivity contribution in [3.63, 3.8) is 0 Å². The molecule has 0 spiro atoms. The molecule has 1 aliphatic heterocycles. The summed E-state index contributed by atoms with van der Waals surface area (Å²) in [5, 5.41) is 2.81. The monoisotopic (exact) mass is 472 g/mol. The summed E-state index contributed by atoms with van der Waals surface area (Å²) in [5.74, 6) is 0.766. The summed E-state index contributed by atoms with van der Waals surface area (Å²) >= 11 is 0. The van der Waals surface area contributed by atoms with Crippen molar-refractivity contribution < 1.29 is 22.7 Å². The highest BCUT2D eigenvalue weighted by atomic mass is 32.2. The number of anilines is 1. The average Bonchev–Trinajstić information content (AvgIpc) is 2.84. The van der Waals surface area contributed by atoms with E-state index in [2.05, 4.69) is 11.4 Å². The van der Waals surface area contributed by atoms with Crippen LogP contribution in [0, 0.1) is 0 Å². The van der Waals surface area contributed by atoms with Crippen molar-refractivity contribution in [1.82, 2.24) is 4.31 Å². The van der Waals surface area contributed by atoms with Crippen LogP contribution in [0.1, 0.15) is 50.2 Å². The molecule has 1 fully saturated rings. The zero-order chi connectivity index (χ0) is 23.4. The molecular weight excluding hydrogens is 440 g/mol. The minimum Gasteiger partial charge on any atom is -0.495 e. The van der Waals surface area contributed by atoms with Gasteiger partial charge in [-0.25, -0.2) is 8.42 Å². The molecule has 1 amide bonds. The standard InChI is InChI=1S/C25H32N2O5S/c1-18(32-23-12-8-10-19-9-4-5-11-21(19)23)25(28)26-22-17-20(13-14-24(22)31-2)33(29,30)27-15-6-3-7-16-27/h8,10,12-14,17-18H,3-7,9,11,15-16H2,1-2H3,(H,26,28)/t18-/m1/s1. The van der Waals surface area contributed by atoms with E-state index < -0.39 is 16.1 Å². The number of amides is 1. The van der Waals surface area contributed by atoms with Gasteiger partial charge in [0.2, 0.25) is 10.0 Å². The molecule has 1 saturated heterocycles. The van der Waals surface area contributed by atoms with E-state index >= 15 is 0 Å². The number of fused-ring (bicyclic) bond motifs is 1. The van der Waals surface area contributed by atoms with Gasteiger partial charge >= 0.3 is 0 Å². The zero-order valence-electron chi connectivity index (χ0n) is 19.3. The zero-order valence-corrected chi connectivity index (χ0v) is 20.1. The summed E-state index contributed by atoms with van der Waals surface area (Å²) in [5.41, 5.74) is 2.77. The Morgan fingerprint density at radius 1 is 1.00 bits per heavy atom. The third kappa shape index (κ3) is 5.17. The van der Waals surface area contributed by atoms with E-state index in [-0.39, 0.29) is 10.8 Å². The SMILES string of the molecule is COc1ccc(S(=O)(=O)N2CCCCC2)cc1NC(=O)[C@@H](C)Oc1cccc2c1CCCC2. The normalized spacial score (nSPS) is 17.6. The van der Waals surface area contributed by atoms with Crippen LogP contribution in [0.25, 0.3) is 0 Å². The number of piperidine rings is 1. The third-order valence-electron chi connectivity index (χ3n) is 6.41. The van der Waals surface area contributed by atoms with E-state index in [0.717, 1.165) is 44.3 Å². The van der Waals surface area contributed by atoms with Crippen molar-refractivity contribution in [2.75, 3.05) is 25.5 Å². The predicted octanol–water partition coefficient (Wildman–Crippen LogP) is 4.15. The summed E-state index contributed by atoms with van der Waals surface area (Å²) in [6, 6.07) is 10.5. The second-order valence-corrected chi connectivity index (χ2v) is 10.6. The van der Waals surface area contributed by atoms with Crippen LogP contribution in [0.4, 0.5) is 5.69 Å². The number of sulfonamides is 1. The minimum atomic E-state index is -3.63. The van der Waals surface area contributed by atoms with Crippen LogP contribution < -0.4 is 14.8 Å². The number of aryl methyl sites for hydroxylation is 1. The van der Waals surface area contributed by atoms with Crippen molar-refractivity contribution in [3.8, 4) is 11.5 Å². The molecule has 4 rings (SSSR count). The minimum absolute atomic E-state index is 0.145. The van der Waals surface area contributed by atoms with Crippen molar-refractivity contribution >= 4 is 21.6 Å². The van der Waals surface area contributed by atoms with Gasteiger partial charge in [-0.15, -0.1) is 0 Å². The quantitative estimate of drug-likeness (QED) is 0.654. The molecule has 33 heavy (non-hydrogen) atoms. The molecule has 8 heteroatoms. The fourth-order valence-electron chi connectivity index (χ4n) is 4.53. The lowest BCUT2D eigenvalue weighted by Crippen LogP contribution is -2.35. The highest BCUT2D eigenvalue weighted by Crippen LogP contribution is 2.32. The van der Waals surface area contributed by atoms with Gasteiger partial charge < -0.3 is 14.8 Å². The fraction of sp³-hybridized carbons (Fsp3) is 0.480. The van der Waals surface area contributed by atoms with Crippen LogP contribution in [0.15, 0.2) is 41.3 Å². The van der Waals surface area contributed by atoms with E-state index in [4.69, 9.17) is 9.47 Å². The third-order valence-corrected chi connectivity index (χ3v) is 8.30. The van der Waals surface area contributed by atoms with Gasteiger partial charge in [0.05, 0.1) is 17.7 Å². The topological polar surface area (TPSA) is 84.9 Å². The molecule has 1 atom stereocenters. The van der Waals surface area contributed by atoms with E-state index in [1.165, 1.54) is 41.1 Å². The molecule has 0 radical (unpaired) electrons. The second kappa shape index (κ2) is 10.1. The first-order valence-electron chi connectivity index (χ1n) is 11.7. The largest absolute Gasteiger partial charge is 0.495 e. The first kappa shape index (κ1) is 23.6. The highest BCUT2D eigenvalue weighted by molar-refractivity contribution is 7.89. The number of benzene rings is 2. The van der Waals surface area contributed by atoms with Crippen molar-refractivity contribution in [3.05, 3.63) is 47.5 Å². The van der Waals surface area contributed by atoms with Crippen molar-refractivity contribution in [2.45, 2.75) is 62.9 Å². The molecule has 7 nitrogen and oxygen atoms in total. The molecule has 1 aliphatic carbocycles. The number of ether oxygens (including phenoxy) is 2. The lowest BCUT2D eigenvalue weighted by Gasteiger charge is -2.26. The molecule has 1 heterocycles. The Morgan fingerprint density at radius 2 is 1.76 bits per heavy atom. The summed E-state index contributed by atoms with van der Waals surface area (Å²) in [6.45, 7) is 2.73. The molecule has 0 unspecified atom stereocenters. The molecule has 178 valence electrons. The molecule has 0 saturated carbocycles. The Balaban J connectivity index is 1.52. The number of hydrogen-bond donors (Lipinski definition) is 1. The number of rotatable bonds is 7. The van der Waals surface area contributed by atoms with E-state index in [1.54, 1.807) is 13.0 Å². The summed E-state index contributed by atoms with van der Waals surface area (Å²) in [7, 11) is -2.14. The molecule has 2 aliphatic rings. The van der Waals surface area contributed by atoms with Gasteiger partial charge in [0.1, 0.15) is 11.5 Å². The Morgan fingerprint density at radius 3 is 2.52 bits per heavy atom. The van der Waals surface area contributed by atoms with E-state index in [0.29, 0.717) is 24.5 Å². The van der Waals surface area contributed by atoms with Gasteiger partial charge in [-0.1, -0.05) is 18.6 Å². The number of nitrogens with zero attached hydrogens (tertiary/aromatic N) is 1. The predicted molar refractivity (Wildman–Crippen MR) is 127 cm³/mol. The maximum atomic E-state index is 13.1. The Labute approximate surface area is 196 Å². The summed E-state index contributed by atoms with van der Waals surface area (Å²) in [6.07, 6.45) is 6.26. The number of carbonyl (C=O) groups excluding carboxylic acids is 1. The van der Waals surface area contributed by atoms with Gasteiger partial charge in [-0.05, 0) is 80.8 Å². The lowest BCUT2D eigenvalue weighted by atomic mass is 9.91. The maximum absolute atomic E-state index is 13.1. The maximum Gasteiger partial charge on any atom is 0.265 e. The van der Waals surface area contributed by atoms with Crippen LogP contribution in [0.5, 0.6) is 11.5 Å². The summed E-state index contributed by atoms with van der Waals surface area (Å²) in [4.78, 5) is 13.1. The van der Waals surface area contributed by atoms with E-state index in [9.17, 15) is 13.2 Å². The highest BCUT2D eigenvalue weighted by Gasteiger charge is 2.27. The number of methoxy groups -OCH3 is 1. The molecule has 0 aromatic heterocycles. The fourth-order valence-corrected chi connectivity index (χ4v) is 6.08. The Bertz CT molecular complexity index is 1110. The number of carbonyl (C=O) groups is 1. The first-order chi connectivity index (χ1) is 15.9. The van der Waals surface area contributed by atoms with Crippen LogP contribution in [-0.4, -0.2) is 44.9 Å². The molecule has 2 aromatic rings. The smallest absolute Gasteiger partial charge is 0.265 e. The average molecular weight is 473 g/mol.